The molecule has 1 fully saturated rings. The Kier molecular flexibility index (Phi) is 4.97. The number of carboxylic acid groups (broad SMARTS) is 1. The number of halogens is 1. The zero-order valence-corrected chi connectivity index (χ0v) is 10.7. The van der Waals surface area contributed by atoms with Gasteiger partial charge in [0.2, 0.25) is 0 Å². The first-order valence-corrected chi connectivity index (χ1v) is 5.70. The van der Waals surface area contributed by atoms with Crippen molar-refractivity contribution in [2.75, 3.05) is 6.54 Å². The molecule has 0 bridgehead atoms. The van der Waals surface area contributed by atoms with Crippen LogP contribution in [0.25, 0.3) is 0 Å². The normalized spacial score (nSPS) is 19.9. The molecule has 3 nitrogen and oxygen atoms in total. The van der Waals surface area contributed by atoms with Crippen LogP contribution in [0.3, 0.4) is 0 Å². The maximum absolute atomic E-state index is 11.0. The van der Waals surface area contributed by atoms with Gasteiger partial charge < -0.3 is 5.11 Å². The fourth-order valence-electron chi connectivity index (χ4n) is 2.30. The van der Waals surface area contributed by atoms with Crippen molar-refractivity contribution in [1.82, 2.24) is 4.90 Å². The minimum Gasteiger partial charge on any atom is -0.480 e. The molecule has 94 valence electrons. The van der Waals surface area contributed by atoms with E-state index in [2.05, 4.69) is 24.0 Å². The van der Waals surface area contributed by atoms with Gasteiger partial charge >= 0.3 is 5.97 Å². The van der Waals surface area contributed by atoms with Crippen LogP contribution < -0.4 is 0 Å². The van der Waals surface area contributed by atoms with Crippen molar-refractivity contribution < 1.29 is 9.90 Å². The summed E-state index contributed by atoms with van der Waals surface area (Å²) >= 11 is 0. The fourth-order valence-corrected chi connectivity index (χ4v) is 2.30. The number of hydrogen-bond donors (Lipinski definition) is 1. The van der Waals surface area contributed by atoms with E-state index in [1.165, 1.54) is 11.1 Å². The predicted octanol–water partition coefficient (Wildman–Crippen LogP) is 2.47. The lowest BCUT2D eigenvalue weighted by molar-refractivity contribution is -0.142. The summed E-state index contributed by atoms with van der Waals surface area (Å²) in [6, 6.07) is 7.87. The van der Waals surface area contributed by atoms with Gasteiger partial charge in [-0.25, -0.2) is 0 Å². The zero-order valence-electron chi connectivity index (χ0n) is 9.93. The molecule has 0 radical (unpaired) electrons. The van der Waals surface area contributed by atoms with Gasteiger partial charge in [0.25, 0.3) is 0 Å². The maximum Gasteiger partial charge on any atom is 0.320 e. The average molecular weight is 256 g/mol. The molecule has 1 saturated heterocycles. The summed E-state index contributed by atoms with van der Waals surface area (Å²) in [5.41, 5.74) is 2.47. The number of hydrogen-bond acceptors (Lipinski definition) is 2. The quantitative estimate of drug-likeness (QED) is 0.902. The summed E-state index contributed by atoms with van der Waals surface area (Å²) in [4.78, 5) is 13.1. The number of carbonyl (C=O) groups is 1. The zero-order chi connectivity index (χ0) is 11.5. The number of aryl methyl sites for hydroxylation is 1. The van der Waals surface area contributed by atoms with Crippen LogP contribution in [-0.2, 0) is 11.3 Å². The van der Waals surface area contributed by atoms with Gasteiger partial charge in [0, 0.05) is 6.54 Å². The number of rotatable bonds is 3. The van der Waals surface area contributed by atoms with Gasteiger partial charge in [0.1, 0.15) is 6.04 Å². The van der Waals surface area contributed by atoms with Crippen LogP contribution in [0, 0.1) is 6.92 Å². The van der Waals surface area contributed by atoms with Crippen molar-refractivity contribution in [3.63, 3.8) is 0 Å². The lowest BCUT2D eigenvalue weighted by Gasteiger charge is -2.21. The third kappa shape index (κ3) is 3.20. The highest BCUT2D eigenvalue weighted by molar-refractivity contribution is 5.85. The van der Waals surface area contributed by atoms with E-state index >= 15 is 0 Å². The highest BCUT2D eigenvalue weighted by atomic mass is 35.5. The summed E-state index contributed by atoms with van der Waals surface area (Å²) in [7, 11) is 0. The molecule has 1 aliphatic rings. The summed E-state index contributed by atoms with van der Waals surface area (Å²) in [5, 5.41) is 9.09. The minimum atomic E-state index is -0.689. The monoisotopic (exact) mass is 255 g/mol. The van der Waals surface area contributed by atoms with E-state index in [9.17, 15) is 4.79 Å². The van der Waals surface area contributed by atoms with Crippen LogP contribution in [0.2, 0.25) is 0 Å². The first-order chi connectivity index (χ1) is 7.68. The van der Waals surface area contributed by atoms with E-state index in [0.29, 0.717) is 0 Å². The third-order valence-electron chi connectivity index (χ3n) is 3.28. The second-order valence-electron chi connectivity index (χ2n) is 4.39. The summed E-state index contributed by atoms with van der Waals surface area (Å²) in [6.45, 7) is 3.72. The minimum absolute atomic E-state index is 0. The Bertz CT molecular complexity index is 395. The maximum atomic E-state index is 11.0. The molecule has 0 amide bonds. The predicted molar refractivity (Wildman–Crippen MR) is 69.5 cm³/mol. The van der Waals surface area contributed by atoms with Gasteiger partial charge in [0.15, 0.2) is 0 Å². The highest BCUT2D eigenvalue weighted by Gasteiger charge is 2.30. The van der Waals surface area contributed by atoms with Crippen LogP contribution in [0.1, 0.15) is 24.0 Å². The molecule has 1 aromatic carbocycles. The molecular weight excluding hydrogens is 238 g/mol. The van der Waals surface area contributed by atoms with Crippen LogP contribution in [-0.4, -0.2) is 28.6 Å². The average Bonchev–Trinajstić information content (AvgIpc) is 2.69. The molecule has 0 aliphatic carbocycles. The molecule has 1 aromatic rings. The van der Waals surface area contributed by atoms with Crippen LogP contribution in [0.15, 0.2) is 24.3 Å². The number of likely N-dealkylation sites (tertiary alicyclic amines) is 1. The van der Waals surface area contributed by atoms with E-state index in [4.69, 9.17) is 5.11 Å². The molecule has 0 aromatic heterocycles. The standard InChI is InChI=1S/C13H17NO2.ClH/c1-10-5-2-3-6-11(10)9-14-8-4-7-12(14)13(15)16;/h2-3,5-6,12H,4,7-9H2,1H3,(H,15,16);1H/t12-;/m0./s1. The van der Waals surface area contributed by atoms with Crippen LogP contribution in [0.5, 0.6) is 0 Å². The van der Waals surface area contributed by atoms with Crippen LogP contribution >= 0.6 is 12.4 Å². The molecule has 1 aliphatic heterocycles. The fraction of sp³-hybridized carbons (Fsp3) is 0.462. The summed E-state index contributed by atoms with van der Waals surface area (Å²) in [5.74, 6) is -0.689. The Morgan fingerprint density at radius 3 is 2.82 bits per heavy atom. The van der Waals surface area contributed by atoms with Gasteiger partial charge in [-0.15, -0.1) is 12.4 Å². The molecule has 1 heterocycles. The van der Waals surface area contributed by atoms with Crippen molar-refractivity contribution in [2.24, 2.45) is 0 Å². The number of nitrogens with zero attached hydrogens (tertiary/aromatic N) is 1. The molecule has 4 heteroatoms. The van der Waals surface area contributed by atoms with Crippen molar-refractivity contribution >= 4 is 18.4 Å². The molecule has 1 N–H and O–H groups in total. The smallest absolute Gasteiger partial charge is 0.320 e. The number of aliphatic carboxylic acids is 1. The Labute approximate surface area is 108 Å². The number of benzene rings is 1. The van der Waals surface area contributed by atoms with Gasteiger partial charge in [-0.2, -0.15) is 0 Å². The highest BCUT2D eigenvalue weighted by Crippen LogP contribution is 2.21. The van der Waals surface area contributed by atoms with E-state index in [1.807, 2.05) is 12.1 Å². The van der Waals surface area contributed by atoms with Crippen molar-refractivity contribution in [2.45, 2.75) is 32.4 Å². The largest absolute Gasteiger partial charge is 0.480 e. The van der Waals surface area contributed by atoms with E-state index < -0.39 is 5.97 Å². The van der Waals surface area contributed by atoms with Crippen LogP contribution in [0.4, 0.5) is 0 Å². The Hall–Kier alpha value is -1.06. The first-order valence-electron chi connectivity index (χ1n) is 5.70. The Balaban J connectivity index is 0.00000144. The van der Waals surface area contributed by atoms with Gasteiger partial charge in [-0.1, -0.05) is 24.3 Å². The van der Waals surface area contributed by atoms with Crippen molar-refractivity contribution in [3.8, 4) is 0 Å². The van der Waals surface area contributed by atoms with Gasteiger partial charge in [0.05, 0.1) is 0 Å². The molecule has 0 unspecified atom stereocenters. The second kappa shape index (κ2) is 6.03. The number of carboxylic acids is 1. The van der Waals surface area contributed by atoms with E-state index in [-0.39, 0.29) is 18.4 Å². The Morgan fingerprint density at radius 1 is 1.47 bits per heavy atom. The topological polar surface area (TPSA) is 40.5 Å². The first kappa shape index (κ1) is 14.0. The SMILES string of the molecule is Cc1ccccc1CN1CCC[C@H]1C(=O)O.Cl. The van der Waals surface area contributed by atoms with E-state index in [0.717, 1.165) is 25.9 Å². The molecule has 17 heavy (non-hydrogen) atoms. The molecular formula is C13H18ClNO2. The van der Waals surface area contributed by atoms with Gasteiger partial charge in [-0.05, 0) is 37.4 Å². The Morgan fingerprint density at radius 2 is 2.18 bits per heavy atom. The van der Waals surface area contributed by atoms with E-state index in [1.54, 1.807) is 0 Å². The third-order valence-corrected chi connectivity index (χ3v) is 3.28. The molecule has 0 saturated carbocycles. The molecule has 0 spiro atoms. The lowest BCUT2D eigenvalue weighted by Crippen LogP contribution is -2.35. The summed E-state index contributed by atoms with van der Waals surface area (Å²) < 4.78 is 0. The molecule has 1 atom stereocenters. The van der Waals surface area contributed by atoms with Crippen molar-refractivity contribution in [1.29, 1.82) is 0 Å². The second-order valence-corrected chi connectivity index (χ2v) is 4.39. The lowest BCUT2D eigenvalue weighted by atomic mass is 10.1. The summed E-state index contributed by atoms with van der Waals surface area (Å²) in [6.07, 6.45) is 1.77. The molecule has 2 rings (SSSR count). The van der Waals surface area contributed by atoms with Gasteiger partial charge in [-0.3, -0.25) is 9.69 Å². The van der Waals surface area contributed by atoms with Crippen molar-refractivity contribution in [3.05, 3.63) is 35.4 Å².